The average molecular weight is 375 g/mol. The lowest BCUT2D eigenvalue weighted by Gasteiger charge is -2.22. The minimum Gasteiger partial charge on any atom is -0.497 e. The van der Waals surface area contributed by atoms with E-state index in [0.717, 1.165) is 22.6 Å². The predicted octanol–water partition coefficient (Wildman–Crippen LogP) is 2.10. The van der Waals surface area contributed by atoms with E-state index in [1.165, 1.54) is 0 Å². The summed E-state index contributed by atoms with van der Waals surface area (Å²) in [7, 11) is 1.61. The van der Waals surface area contributed by atoms with Gasteiger partial charge in [0.1, 0.15) is 17.8 Å². The Kier molecular flexibility index (Phi) is 6.82. The summed E-state index contributed by atoms with van der Waals surface area (Å²) in [4.78, 5) is 37.9. The molecule has 0 saturated carbocycles. The van der Waals surface area contributed by atoms with Gasteiger partial charge < -0.3 is 15.4 Å². The summed E-state index contributed by atoms with van der Waals surface area (Å²) in [5.41, 5.74) is 0.136. The van der Waals surface area contributed by atoms with Gasteiger partial charge >= 0.3 is 6.03 Å². The van der Waals surface area contributed by atoms with Crippen LogP contribution < -0.4 is 15.4 Å². The number of benzene rings is 1. The van der Waals surface area contributed by atoms with E-state index in [2.05, 4.69) is 24.5 Å². The number of urea groups is 1. The Bertz CT molecular complexity index is 687. The van der Waals surface area contributed by atoms with E-state index >= 15 is 0 Å². The molecule has 0 unspecified atom stereocenters. The van der Waals surface area contributed by atoms with Crippen LogP contribution in [0.4, 0.5) is 4.79 Å². The van der Waals surface area contributed by atoms with Crippen LogP contribution in [0, 0.1) is 5.92 Å². The number of hydrogen-bond acceptors (Lipinski definition) is 4. The molecule has 1 atom stereocenters. The SMILES string of the molecule is COc1ccc(CCNC(=O)CN2C(=O)N[C@](C)(CCC(C)C)C2=O)cc1. The number of amides is 4. The molecule has 0 radical (unpaired) electrons. The fourth-order valence-electron chi connectivity index (χ4n) is 2.98. The summed E-state index contributed by atoms with van der Waals surface area (Å²) in [6, 6.07) is 7.09. The lowest BCUT2D eigenvalue weighted by atomic mass is 9.92. The Balaban J connectivity index is 1.82. The van der Waals surface area contributed by atoms with Crippen LogP contribution >= 0.6 is 0 Å². The van der Waals surface area contributed by atoms with Crippen molar-refractivity contribution >= 4 is 17.8 Å². The van der Waals surface area contributed by atoms with Crippen LogP contribution in [0.2, 0.25) is 0 Å². The second-order valence-corrected chi connectivity index (χ2v) is 7.53. The van der Waals surface area contributed by atoms with Crippen LogP contribution in [0.3, 0.4) is 0 Å². The van der Waals surface area contributed by atoms with E-state index < -0.39 is 11.6 Å². The van der Waals surface area contributed by atoms with Crippen LogP contribution in [-0.2, 0) is 16.0 Å². The topological polar surface area (TPSA) is 87.7 Å². The Morgan fingerprint density at radius 1 is 1.26 bits per heavy atom. The summed E-state index contributed by atoms with van der Waals surface area (Å²) >= 11 is 0. The molecule has 1 aromatic rings. The predicted molar refractivity (Wildman–Crippen MR) is 102 cm³/mol. The molecule has 1 aliphatic rings. The largest absolute Gasteiger partial charge is 0.497 e. The van der Waals surface area contributed by atoms with Crippen molar-refractivity contribution in [2.45, 2.75) is 45.6 Å². The van der Waals surface area contributed by atoms with Crippen molar-refractivity contribution in [3.8, 4) is 5.75 Å². The molecule has 0 aliphatic carbocycles. The number of nitrogens with zero attached hydrogens (tertiary/aromatic N) is 1. The first-order chi connectivity index (χ1) is 12.7. The lowest BCUT2D eigenvalue weighted by Crippen LogP contribution is -2.45. The third-order valence-electron chi connectivity index (χ3n) is 4.76. The molecule has 4 amide bonds. The fourth-order valence-corrected chi connectivity index (χ4v) is 2.98. The van der Waals surface area contributed by atoms with Gasteiger partial charge in [0.15, 0.2) is 0 Å². The fraction of sp³-hybridized carbons (Fsp3) is 0.550. The van der Waals surface area contributed by atoms with Crippen molar-refractivity contribution in [3.63, 3.8) is 0 Å². The zero-order chi connectivity index (χ0) is 20.0. The number of rotatable bonds is 9. The van der Waals surface area contributed by atoms with Gasteiger partial charge in [-0.3, -0.25) is 14.5 Å². The van der Waals surface area contributed by atoms with Crippen LogP contribution in [0.5, 0.6) is 5.75 Å². The van der Waals surface area contributed by atoms with Crippen molar-refractivity contribution in [1.29, 1.82) is 0 Å². The van der Waals surface area contributed by atoms with Gasteiger partial charge in [0.25, 0.3) is 5.91 Å². The maximum absolute atomic E-state index is 12.6. The van der Waals surface area contributed by atoms with E-state index in [1.54, 1.807) is 14.0 Å². The van der Waals surface area contributed by atoms with Gasteiger partial charge in [0, 0.05) is 6.54 Å². The second-order valence-electron chi connectivity index (χ2n) is 7.53. The Hall–Kier alpha value is -2.57. The summed E-state index contributed by atoms with van der Waals surface area (Å²) in [6.07, 6.45) is 2.04. The zero-order valence-electron chi connectivity index (χ0n) is 16.5. The molecule has 148 valence electrons. The Labute approximate surface area is 160 Å². The first kappa shape index (κ1) is 20.7. The highest BCUT2D eigenvalue weighted by Crippen LogP contribution is 2.24. The highest BCUT2D eigenvalue weighted by molar-refractivity contribution is 6.08. The summed E-state index contributed by atoms with van der Waals surface area (Å²) < 4.78 is 5.11. The van der Waals surface area contributed by atoms with Crippen molar-refractivity contribution < 1.29 is 19.1 Å². The minimum atomic E-state index is -0.926. The summed E-state index contributed by atoms with van der Waals surface area (Å²) in [5, 5.41) is 5.49. The number of ether oxygens (including phenoxy) is 1. The Morgan fingerprint density at radius 2 is 1.93 bits per heavy atom. The number of carbonyl (C=O) groups is 3. The molecule has 27 heavy (non-hydrogen) atoms. The molecule has 1 heterocycles. The van der Waals surface area contributed by atoms with Gasteiger partial charge in [-0.2, -0.15) is 0 Å². The molecule has 1 aliphatic heterocycles. The molecule has 0 bridgehead atoms. The summed E-state index contributed by atoms with van der Waals surface area (Å²) in [6.45, 7) is 6.03. The van der Waals surface area contributed by atoms with Crippen molar-refractivity contribution in [2.24, 2.45) is 5.92 Å². The smallest absolute Gasteiger partial charge is 0.325 e. The van der Waals surface area contributed by atoms with Crippen LogP contribution in [0.1, 0.15) is 39.2 Å². The lowest BCUT2D eigenvalue weighted by molar-refractivity contribution is -0.134. The van der Waals surface area contributed by atoms with Crippen molar-refractivity contribution in [1.82, 2.24) is 15.5 Å². The summed E-state index contributed by atoms with van der Waals surface area (Å²) in [5.74, 6) is 0.530. The highest BCUT2D eigenvalue weighted by Gasteiger charge is 2.47. The third kappa shape index (κ3) is 5.45. The van der Waals surface area contributed by atoms with Gasteiger partial charge in [0.05, 0.1) is 7.11 Å². The minimum absolute atomic E-state index is 0.259. The number of nitrogens with one attached hydrogen (secondary N) is 2. The van der Waals surface area contributed by atoms with E-state index in [-0.39, 0.29) is 18.4 Å². The van der Waals surface area contributed by atoms with Gasteiger partial charge in [-0.05, 0) is 49.8 Å². The molecule has 7 nitrogen and oxygen atoms in total. The van der Waals surface area contributed by atoms with Crippen molar-refractivity contribution in [2.75, 3.05) is 20.2 Å². The molecule has 2 N–H and O–H groups in total. The molecule has 0 aromatic heterocycles. The van der Waals surface area contributed by atoms with Gasteiger partial charge in [-0.15, -0.1) is 0 Å². The van der Waals surface area contributed by atoms with Gasteiger partial charge in [-0.25, -0.2) is 4.79 Å². The van der Waals surface area contributed by atoms with E-state index in [1.807, 2.05) is 24.3 Å². The normalized spacial score (nSPS) is 19.4. The maximum Gasteiger partial charge on any atom is 0.325 e. The second kappa shape index (κ2) is 8.88. The number of imide groups is 1. The Morgan fingerprint density at radius 3 is 2.52 bits per heavy atom. The maximum atomic E-state index is 12.6. The molecule has 0 spiro atoms. The molecule has 2 rings (SSSR count). The first-order valence-electron chi connectivity index (χ1n) is 9.29. The first-order valence-corrected chi connectivity index (χ1v) is 9.29. The molecule has 7 heteroatoms. The van der Waals surface area contributed by atoms with Gasteiger partial charge in [-0.1, -0.05) is 26.0 Å². The monoisotopic (exact) mass is 375 g/mol. The van der Waals surface area contributed by atoms with Crippen LogP contribution in [0.15, 0.2) is 24.3 Å². The van der Waals surface area contributed by atoms with Crippen LogP contribution in [-0.4, -0.2) is 48.5 Å². The van der Waals surface area contributed by atoms with E-state index in [0.29, 0.717) is 25.3 Å². The van der Waals surface area contributed by atoms with E-state index in [9.17, 15) is 14.4 Å². The standard InChI is InChI=1S/C20H29N3O4/c1-14(2)9-11-20(3)18(25)23(19(26)22-20)13-17(24)21-12-10-15-5-7-16(27-4)8-6-15/h5-8,14H,9-13H2,1-4H3,(H,21,24)(H,22,26)/t20-/m1/s1. The van der Waals surface area contributed by atoms with Crippen molar-refractivity contribution in [3.05, 3.63) is 29.8 Å². The zero-order valence-corrected chi connectivity index (χ0v) is 16.5. The van der Waals surface area contributed by atoms with Crippen LogP contribution in [0.25, 0.3) is 0 Å². The van der Waals surface area contributed by atoms with Gasteiger partial charge in [0.2, 0.25) is 5.91 Å². The molecular weight excluding hydrogens is 346 g/mol. The molecule has 1 aromatic carbocycles. The number of hydrogen-bond donors (Lipinski definition) is 2. The number of carbonyl (C=O) groups excluding carboxylic acids is 3. The third-order valence-corrected chi connectivity index (χ3v) is 4.76. The quantitative estimate of drug-likeness (QED) is 0.647. The highest BCUT2D eigenvalue weighted by atomic mass is 16.5. The number of methoxy groups -OCH3 is 1. The average Bonchev–Trinajstić information content (AvgIpc) is 2.84. The molecule has 1 saturated heterocycles. The molecule has 1 fully saturated rings. The van der Waals surface area contributed by atoms with E-state index in [4.69, 9.17) is 4.74 Å². The molecular formula is C20H29N3O4.